The fraction of sp³-hybridized carbons (Fsp3) is 0.250. The molecule has 0 spiro atoms. The zero-order valence-electron chi connectivity index (χ0n) is 9.66. The van der Waals surface area contributed by atoms with Gasteiger partial charge in [0.15, 0.2) is 0 Å². The van der Waals surface area contributed by atoms with Crippen molar-refractivity contribution in [3.63, 3.8) is 0 Å². The number of aromatic amines is 1. The first-order valence-electron chi connectivity index (χ1n) is 5.08. The average molecular weight is 233 g/mol. The van der Waals surface area contributed by atoms with E-state index in [1.807, 2.05) is 6.07 Å². The molecular formula is C12H15N3S. The Labute approximate surface area is 99.4 Å². The summed E-state index contributed by atoms with van der Waals surface area (Å²) in [6.07, 6.45) is 2.08. The topological polar surface area (TPSA) is 54.7 Å². The highest BCUT2D eigenvalue weighted by atomic mass is 32.2. The van der Waals surface area contributed by atoms with Crippen molar-refractivity contribution in [3.05, 3.63) is 29.3 Å². The molecule has 0 unspecified atom stereocenters. The zero-order valence-corrected chi connectivity index (χ0v) is 10.5. The quantitative estimate of drug-likeness (QED) is 0.784. The van der Waals surface area contributed by atoms with E-state index in [0.717, 1.165) is 5.69 Å². The number of aryl methyl sites for hydroxylation is 1. The summed E-state index contributed by atoms with van der Waals surface area (Å²) in [5.41, 5.74) is 10.3. The van der Waals surface area contributed by atoms with Crippen molar-refractivity contribution >= 4 is 17.6 Å². The van der Waals surface area contributed by atoms with Crippen LogP contribution in [0.5, 0.6) is 0 Å². The van der Waals surface area contributed by atoms with Crippen molar-refractivity contribution < 1.29 is 0 Å². The summed E-state index contributed by atoms with van der Waals surface area (Å²) >= 11 is 1.74. The van der Waals surface area contributed by atoms with E-state index in [1.165, 1.54) is 21.6 Å². The van der Waals surface area contributed by atoms with Crippen molar-refractivity contribution in [2.45, 2.75) is 18.7 Å². The number of anilines is 1. The molecule has 4 heteroatoms. The van der Waals surface area contributed by atoms with Gasteiger partial charge in [0.1, 0.15) is 5.82 Å². The molecule has 0 aliphatic heterocycles. The lowest BCUT2D eigenvalue weighted by Crippen LogP contribution is -1.89. The molecule has 1 heterocycles. The lowest BCUT2D eigenvalue weighted by Gasteiger charge is -2.09. The van der Waals surface area contributed by atoms with E-state index in [4.69, 9.17) is 5.73 Å². The van der Waals surface area contributed by atoms with Crippen LogP contribution in [-0.4, -0.2) is 16.5 Å². The first-order chi connectivity index (χ1) is 7.61. The summed E-state index contributed by atoms with van der Waals surface area (Å²) in [6.45, 7) is 4.24. The van der Waals surface area contributed by atoms with E-state index in [2.05, 4.69) is 42.4 Å². The maximum absolute atomic E-state index is 5.63. The lowest BCUT2D eigenvalue weighted by molar-refractivity contribution is 1.10. The molecule has 0 radical (unpaired) electrons. The van der Waals surface area contributed by atoms with Gasteiger partial charge in [0.25, 0.3) is 0 Å². The van der Waals surface area contributed by atoms with Gasteiger partial charge in [-0.3, -0.25) is 5.10 Å². The summed E-state index contributed by atoms with van der Waals surface area (Å²) in [4.78, 5) is 1.26. The van der Waals surface area contributed by atoms with Gasteiger partial charge in [-0.15, -0.1) is 11.8 Å². The summed E-state index contributed by atoms with van der Waals surface area (Å²) in [5.74, 6) is 0.529. The van der Waals surface area contributed by atoms with Crippen LogP contribution < -0.4 is 5.73 Å². The van der Waals surface area contributed by atoms with E-state index < -0.39 is 0 Å². The number of hydrogen-bond donors (Lipinski definition) is 2. The molecule has 0 saturated heterocycles. The molecule has 2 aromatic rings. The third-order valence-corrected chi connectivity index (χ3v) is 3.47. The van der Waals surface area contributed by atoms with Crippen LogP contribution in [0.4, 0.5) is 5.82 Å². The number of aromatic nitrogens is 2. The van der Waals surface area contributed by atoms with Gasteiger partial charge in [-0.2, -0.15) is 5.10 Å². The monoisotopic (exact) mass is 233 g/mol. The fourth-order valence-corrected chi connectivity index (χ4v) is 2.23. The minimum Gasteiger partial charge on any atom is -0.382 e. The molecule has 16 heavy (non-hydrogen) atoms. The summed E-state index contributed by atoms with van der Waals surface area (Å²) in [7, 11) is 0. The van der Waals surface area contributed by atoms with Crippen LogP contribution in [0.2, 0.25) is 0 Å². The van der Waals surface area contributed by atoms with Gasteiger partial charge >= 0.3 is 0 Å². The second-order valence-electron chi connectivity index (χ2n) is 3.82. The van der Waals surface area contributed by atoms with Crippen LogP contribution in [-0.2, 0) is 0 Å². The number of nitrogens with one attached hydrogen (secondary N) is 1. The third kappa shape index (κ3) is 1.93. The molecule has 0 saturated carbocycles. The number of nitrogens with zero attached hydrogens (tertiary/aromatic N) is 1. The summed E-state index contributed by atoms with van der Waals surface area (Å²) in [5, 5.41) is 6.92. The number of thioether (sulfide) groups is 1. The van der Waals surface area contributed by atoms with Crippen molar-refractivity contribution in [2.75, 3.05) is 12.0 Å². The van der Waals surface area contributed by atoms with E-state index in [0.29, 0.717) is 5.82 Å². The highest BCUT2D eigenvalue weighted by molar-refractivity contribution is 7.98. The Morgan fingerprint density at radius 2 is 2.00 bits per heavy atom. The Bertz CT molecular complexity index is 517. The molecule has 2 rings (SSSR count). The fourth-order valence-electron chi connectivity index (χ4n) is 1.70. The van der Waals surface area contributed by atoms with Crippen LogP contribution in [0.15, 0.2) is 23.1 Å². The Balaban J connectivity index is 2.59. The highest BCUT2D eigenvalue weighted by Crippen LogP contribution is 2.29. The summed E-state index contributed by atoms with van der Waals surface area (Å²) < 4.78 is 0. The molecule has 0 atom stereocenters. The van der Waals surface area contributed by atoms with Crippen LogP contribution in [0.3, 0.4) is 0 Å². The maximum Gasteiger partial charge on any atom is 0.145 e. The molecule has 3 N–H and O–H groups in total. The zero-order chi connectivity index (χ0) is 11.7. The predicted molar refractivity (Wildman–Crippen MR) is 69.7 cm³/mol. The standard InChI is InChI=1S/C12H15N3S/c1-7-4-9(16-3)5-10(8(7)2)11-6-12(13)15-14-11/h4-6H,1-3H3,(H3,13,14,15). The summed E-state index contributed by atoms with van der Waals surface area (Å²) in [6, 6.07) is 6.23. The lowest BCUT2D eigenvalue weighted by atomic mass is 10.0. The van der Waals surface area contributed by atoms with E-state index in [1.54, 1.807) is 11.8 Å². The number of H-pyrrole nitrogens is 1. The predicted octanol–water partition coefficient (Wildman–Crippen LogP) is 3.00. The molecule has 0 aliphatic carbocycles. The highest BCUT2D eigenvalue weighted by Gasteiger charge is 2.08. The number of hydrogen-bond acceptors (Lipinski definition) is 3. The molecular weight excluding hydrogens is 218 g/mol. The Morgan fingerprint density at radius 1 is 1.25 bits per heavy atom. The molecule has 1 aromatic heterocycles. The number of nitrogens with two attached hydrogens (primary N) is 1. The second-order valence-corrected chi connectivity index (χ2v) is 4.70. The molecule has 3 nitrogen and oxygen atoms in total. The van der Waals surface area contributed by atoms with Crippen molar-refractivity contribution in [1.82, 2.24) is 10.2 Å². The second kappa shape index (κ2) is 4.22. The van der Waals surface area contributed by atoms with Gasteiger partial charge in [0.05, 0.1) is 5.69 Å². The minimum absolute atomic E-state index is 0.529. The maximum atomic E-state index is 5.63. The Hall–Kier alpha value is -1.42. The minimum atomic E-state index is 0.529. The molecule has 1 aromatic carbocycles. The number of rotatable bonds is 2. The van der Waals surface area contributed by atoms with Crippen LogP contribution in [0.25, 0.3) is 11.3 Å². The SMILES string of the molecule is CSc1cc(C)c(C)c(-c2cc(N)n[nH]2)c1. The van der Waals surface area contributed by atoms with E-state index >= 15 is 0 Å². The normalized spacial score (nSPS) is 10.7. The van der Waals surface area contributed by atoms with Gasteiger partial charge in [-0.1, -0.05) is 0 Å². The van der Waals surface area contributed by atoms with Gasteiger partial charge in [-0.05, 0) is 43.4 Å². The molecule has 0 fully saturated rings. The van der Waals surface area contributed by atoms with Crippen LogP contribution in [0.1, 0.15) is 11.1 Å². The van der Waals surface area contributed by atoms with Crippen molar-refractivity contribution in [2.24, 2.45) is 0 Å². The van der Waals surface area contributed by atoms with Gasteiger partial charge in [0, 0.05) is 16.5 Å². The van der Waals surface area contributed by atoms with E-state index in [9.17, 15) is 0 Å². The molecule has 0 bridgehead atoms. The number of benzene rings is 1. The Kier molecular flexibility index (Phi) is 2.92. The first kappa shape index (κ1) is 11.1. The molecule has 0 aliphatic rings. The molecule has 84 valence electrons. The van der Waals surface area contributed by atoms with Gasteiger partial charge in [-0.25, -0.2) is 0 Å². The largest absolute Gasteiger partial charge is 0.382 e. The van der Waals surface area contributed by atoms with Crippen molar-refractivity contribution in [3.8, 4) is 11.3 Å². The smallest absolute Gasteiger partial charge is 0.145 e. The van der Waals surface area contributed by atoms with Gasteiger partial charge < -0.3 is 5.73 Å². The van der Waals surface area contributed by atoms with E-state index in [-0.39, 0.29) is 0 Å². The average Bonchev–Trinajstić information content (AvgIpc) is 2.68. The van der Waals surface area contributed by atoms with Crippen molar-refractivity contribution in [1.29, 1.82) is 0 Å². The Morgan fingerprint density at radius 3 is 2.56 bits per heavy atom. The first-order valence-corrected chi connectivity index (χ1v) is 6.31. The van der Waals surface area contributed by atoms with Crippen LogP contribution in [0, 0.1) is 13.8 Å². The van der Waals surface area contributed by atoms with Crippen LogP contribution >= 0.6 is 11.8 Å². The number of nitrogen functional groups attached to an aromatic ring is 1. The van der Waals surface area contributed by atoms with Gasteiger partial charge in [0.2, 0.25) is 0 Å². The third-order valence-electron chi connectivity index (χ3n) is 2.76. The molecule has 0 amide bonds.